The first-order valence-electron chi connectivity index (χ1n) is 7.64. The first-order valence-corrected chi connectivity index (χ1v) is 7.64. The SMILES string of the molecule is COCCOCCOCCOCCC(=O)O[N+]1(O)C(=O)CCC1=O. The molecule has 10 nitrogen and oxygen atoms in total. The zero-order valence-corrected chi connectivity index (χ0v) is 13.7. The van der Waals surface area contributed by atoms with E-state index in [0.717, 1.165) is 0 Å². The van der Waals surface area contributed by atoms with E-state index in [9.17, 15) is 19.6 Å². The Kier molecular flexibility index (Phi) is 9.60. The Labute approximate surface area is 139 Å². The van der Waals surface area contributed by atoms with Gasteiger partial charge in [0.1, 0.15) is 4.81 Å². The maximum absolute atomic E-state index is 11.5. The number of hydrogen-bond acceptors (Lipinski definition) is 9. The largest absolute Gasteiger partial charge is 0.397 e. The van der Waals surface area contributed by atoms with E-state index in [2.05, 4.69) is 4.84 Å². The number of ether oxygens (including phenoxy) is 4. The van der Waals surface area contributed by atoms with Gasteiger partial charge in [0.15, 0.2) is 0 Å². The summed E-state index contributed by atoms with van der Waals surface area (Å²) in [5.41, 5.74) is 0. The molecule has 1 rings (SSSR count). The van der Waals surface area contributed by atoms with Crippen LogP contribution in [0.25, 0.3) is 0 Å². The van der Waals surface area contributed by atoms with Crippen LogP contribution in [0.1, 0.15) is 19.3 Å². The number of hydrogen-bond donors (Lipinski definition) is 1. The van der Waals surface area contributed by atoms with Crippen LogP contribution in [-0.2, 0) is 38.2 Å². The Balaban J connectivity index is 1.98. The molecule has 1 saturated heterocycles. The summed E-state index contributed by atoms with van der Waals surface area (Å²) in [5, 5.41) is 9.69. The van der Waals surface area contributed by atoms with Gasteiger partial charge >= 0.3 is 17.8 Å². The number of rotatable bonds is 13. The van der Waals surface area contributed by atoms with Crippen LogP contribution in [0.5, 0.6) is 0 Å². The van der Waals surface area contributed by atoms with E-state index in [-0.39, 0.29) is 32.5 Å². The summed E-state index contributed by atoms with van der Waals surface area (Å²) in [7, 11) is 1.59. The summed E-state index contributed by atoms with van der Waals surface area (Å²) in [6.07, 6.45) is -0.488. The molecule has 0 aromatic heterocycles. The maximum atomic E-state index is 11.5. The van der Waals surface area contributed by atoms with Crippen molar-refractivity contribution in [2.24, 2.45) is 0 Å². The highest BCUT2D eigenvalue weighted by Gasteiger charge is 2.55. The van der Waals surface area contributed by atoms with Crippen molar-refractivity contribution < 1.29 is 48.2 Å². The van der Waals surface area contributed by atoms with Crippen molar-refractivity contribution >= 4 is 17.8 Å². The molecule has 1 heterocycles. The second-order valence-electron chi connectivity index (χ2n) is 4.91. The second kappa shape index (κ2) is 11.2. The van der Waals surface area contributed by atoms with Crippen molar-refractivity contribution in [1.29, 1.82) is 0 Å². The van der Waals surface area contributed by atoms with Crippen molar-refractivity contribution in [2.75, 3.05) is 53.4 Å². The molecule has 24 heavy (non-hydrogen) atoms. The number of amides is 2. The Bertz CT molecular complexity index is 410. The second-order valence-corrected chi connectivity index (χ2v) is 4.91. The quantitative estimate of drug-likeness (QED) is 0.204. The Morgan fingerprint density at radius 3 is 1.88 bits per heavy atom. The zero-order chi connectivity index (χ0) is 17.8. The van der Waals surface area contributed by atoms with E-state index in [4.69, 9.17) is 18.9 Å². The first kappa shape index (κ1) is 20.6. The molecule has 0 aliphatic carbocycles. The van der Waals surface area contributed by atoms with Crippen LogP contribution < -0.4 is 0 Å². The lowest BCUT2D eigenvalue weighted by molar-refractivity contribution is -1.12. The molecule has 0 aromatic carbocycles. The summed E-state index contributed by atoms with van der Waals surface area (Å²) in [4.78, 5) is 36.9. The molecule has 1 aliphatic rings. The predicted octanol–water partition coefficient (Wildman–Crippen LogP) is -0.416. The van der Waals surface area contributed by atoms with E-state index in [1.807, 2.05) is 0 Å². The van der Waals surface area contributed by atoms with Crippen molar-refractivity contribution in [3.05, 3.63) is 0 Å². The van der Waals surface area contributed by atoms with Crippen molar-refractivity contribution in [3.63, 3.8) is 0 Å². The van der Waals surface area contributed by atoms with Gasteiger partial charge in [-0.2, -0.15) is 5.21 Å². The lowest BCUT2D eigenvalue weighted by Crippen LogP contribution is -2.50. The van der Waals surface area contributed by atoms with Crippen molar-refractivity contribution in [2.45, 2.75) is 19.3 Å². The van der Waals surface area contributed by atoms with E-state index >= 15 is 0 Å². The van der Waals surface area contributed by atoms with Crippen LogP contribution in [0.3, 0.4) is 0 Å². The molecule has 0 bridgehead atoms. The molecule has 1 N–H and O–H groups in total. The van der Waals surface area contributed by atoms with Crippen molar-refractivity contribution in [1.82, 2.24) is 0 Å². The number of nitrogens with zero attached hydrogens (tertiary/aromatic N) is 1. The van der Waals surface area contributed by atoms with Crippen LogP contribution in [-0.4, -0.2) is 81.2 Å². The van der Waals surface area contributed by atoms with Gasteiger partial charge in [-0.3, -0.25) is 0 Å². The van der Waals surface area contributed by atoms with Crippen molar-refractivity contribution in [3.8, 4) is 0 Å². The zero-order valence-electron chi connectivity index (χ0n) is 13.7. The average Bonchev–Trinajstić information content (AvgIpc) is 2.80. The molecule has 0 aromatic rings. The van der Waals surface area contributed by atoms with E-state index in [0.29, 0.717) is 33.0 Å². The van der Waals surface area contributed by atoms with E-state index in [1.165, 1.54) is 0 Å². The molecule has 2 amide bonds. The minimum absolute atomic E-state index is 0.0227. The van der Waals surface area contributed by atoms with Gasteiger partial charge in [-0.25, -0.2) is 19.2 Å². The van der Waals surface area contributed by atoms with Crippen LogP contribution >= 0.6 is 0 Å². The summed E-state index contributed by atoms with van der Waals surface area (Å²) in [6, 6.07) is 0. The minimum Gasteiger partial charge on any atom is -0.382 e. The standard InChI is InChI=1S/C14H24NO9/c1-20-6-7-22-10-11-23-9-8-21-5-4-14(18)24-15(19)12(16)2-3-13(15)17/h19H,2-11H2,1H3/q+1. The molecule has 0 unspecified atom stereocenters. The van der Waals surface area contributed by atoms with Gasteiger partial charge < -0.3 is 18.9 Å². The summed E-state index contributed by atoms with van der Waals surface area (Å²) in [6.45, 7) is 2.54. The predicted molar refractivity (Wildman–Crippen MR) is 76.3 cm³/mol. The van der Waals surface area contributed by atoms with Gasteiger partial charge in [-0.05, 0) is 0 Å². The Hall–Kier alpha value is -1.43. The molecule has 0 radical (unpaired) electrons. The molecule has 0 atom stereocenters. The van der Waals surface area contributed by atoms with Crippen LogP contribution in [0.2, 0.25) is 0 Å². The minimum atomic E-state index is -1.90. The van der Waals surface area contributed by atoms with E-state index < -0.39 is 22.6 Å². The lowest BCUT2D eigenvalue weighted by atomic mass is 10.4. The highest BCUT2D eigenvalue weighted by atomic mass is 17.0. The highest BCUT2D eigenvalue weighted by Crippen LogP contribution is 2.20. The number of quaternary nitrogens is 1. The van der Waals surface area contributed by atoms with Crippen LogP contribution in [0.4, 0.5) is 0 Å². The molecule has 1 fully saturated rings. The molecular weight excluding hydrogens is 326 g/mol. The summed E-state index contributed by atoms with van der Waals surface area (Å²) < 4.78 is 20.4. The normalized spacial score (nSPS) is 16.6. The summed E-state index contributed by atoms with van der Waals surface area (Å²) in [5.74, 6) is -2.60. The number of methoxy groups -OCH3 is 1. The van der Waals surface area contributed by atoms with Gasteiger partial charge in [0, 0.05) is 7.11 Å². The van der Waals surface area contributed by atoms with Gasteiger partial charge in [0.25, 0.3) is 0 Å². The first-order chi connectivity index (χ1) is 11.5. The average molecular weight is 350 g/mol. The van der Waals surface area contributed by atoms with Crippen LogP contribution in [0, 0.1) is 0 Å². The van der Waals surface area contributed by atoms with Gasteiger partial charge in [-0.1, -0.05) is 0 Å². The van der Waals surface area contributed by atoms with Gasteiger partial charge in [-0.15, -0.1) is 0 Å². The third-order valence-corrected chi connectivity index (χ3v) is 3.09. The van der Waals surface area contributed by atoms with Gasteiger partial charge in [0.05, 0.1) is 65.5 Å². The molecule has 0 saturated carbocycles. The third kappa shape index (κ3) is 6.99. The molecular formula is C14H24NO9+. The molecule has 1 aliphatic heterocycles. The number of carbonyl (C=O) groups is 3. The fraction of sp³-hybridized carbons (Fsp3) is 0.786. The number of imide groups is 1. The lowest BCUT2D eigenvalue weighted by Gasteiger charge is -2.15. The highest BCUT2D eigenvalue weighted by molar-refractivity contribution is 5.91. The third-order valence-electron chi connectivity index (χ3n) is 3.09. The Morgan fingerprint density at radius 2 is 1.38 bits per heavy atom. The fourth-order valence-corrected chi connectivity index (χ4v) is 1.79. The van der Waals surface area contributed by atoms with Gasteiger partial charge in [0.2, 0.25) is 0 Å². The number of carbonyl (C=O) groups excluding carboxylic acids is 3. The fourth-order valence-electron chi connectivity index (χ4n) is 1.79. The molecule has 0 spiro atoms. The topological polar surface area (TPSA) is 118 Å². The Morgan fingerprint density at radius 1 is 0.917 bits per heavy atom. The van der Waals surface area contributed by atoms with E-state index in [1.54, 1.807) is 7.11 Å². The maximum Gasteiger partial charge on any atom is 0.397 e. The smallest absolute Gasteiger partial charge is 0.382 e. The summed E-state index contributed by atoms with van der Waals surface area (Å²) >= 11 is 0. The monoisotopic (exact) mass is 350 g/mol. The molecule has 10 heteroatoms. The molecule has 138 valence electrons. The van der Waals surface area contributed by atoms with Crippen LogP contribution in [0.15, 0.2) is 0 Å². The number of hydroxylamine groups is 4.